The van der Waals surface area contributed by atoms with Crippen molar-refractivity contribution < 1.29 is 9.59 Å². The Morgan fingerprint density at radius 3 is 2.45 bits per heavy atom. The predicted molar refractivity (Wildman–Crippen MR) is 113 cm³/mol. The van der Waals surface area contributed by atoms with Gasteiger partial charge in [-0.05, 0) is 47.9 Å². The summed E-state index contributed by atoms with van der Waals surface area (Å²) in [6.45, 7) is 1.96. The van der Waals surface area contributed by atoms with Crippen LogP contribution in [0, 0.1) is 0 Å². The minimum Gasteiger partial charge on any atom is -0.356 e. The van der Waals surface area contributed by atoms with Crippen molar-refractivity contribution in [2.45, 2.75) is 25.8 Å². The molecule has 0 radical (unpaired) electrons. The molecule has 1 aromatic heterocycles. The molecule has 0 aliphatic rings. The highest BCUT2D eigenvalue weighted by molar-refractivity contribution is 6.30. The van der Waals surface area contributed by atoms with E-state index in [9.17, 15) is 9.59 Å². The summed E-state index contributed by atoms with van der Waals surface area (Å²) in [6, 6.07) is 16.7. The van der Waals surface area contributed by atoms with Crippen LogP contribution in [-0.2, 0) is 16.0 Å². The van der Waals surface area contributed by atoms with Gasteiger partial charge in [-0.25, -0.2) is 4.68 Å². The van der Waals surface area contributed by atoms with Crippen LogP contribution in [0.15, 0.2) is 67.0 Å². The number of rotatable bonds is 8. The quantitative estimate of drug-likeness (QED) is 0.597. The maximum atomic E-state index is 12.4. The summed E-state index contributed by atoms with van der Waals surface area (Å²) in [6.07, 6.45) is 4.51. The Morgan fingerprint density at radius 2 is 1.83 bits per heavy atom. The summed E-state index contributed by atoms with van der Waals surface area (Å²) in [5, 5.41) is 10.6. The largest absolute Gasteiger partial charge is 0.356 e. The Hall–Kier alpha value is -3.12. The van der Waals surface area contributed by atoms with E-state index in [1.807, 2.05) is 48.7 Å². The van der Waals surface area contributed by atoms with Gasteiger partial charge in [-0.1, -0.05) is 35.9 Å². The summed E-state index contributed by atoms with van der Waals surface area (Å²) >= 11 is 5.92. The Morgan fingerprint density at radius 1 is 1.10 bits per heavy atom. The topological polar surface area (TPSA) is 76.0 Å². The number of halogens is 1. The van der Waals surface area contributed by atoms with Gasteiger partial charge in [0.15, 0.2) is 0 Å². The fourth-order valence-electron chi connectivity index (χ4n) is 3.03. The first kappa shape index (κ1) is 20.6. The van der Waals surface area contributed by atoms with Crippen LogP contribution in [0.2, 0.25) is 5.02 Å². The van der Waals surface area contributed by atoms with Gasteiger partial charge in [0, 0.05) is 30.9 Å². The van der Waals surface area contributed by atoms with Crippen molar-refractivity contribution in [1.82, 2.24) is 20.4 Å². The molecule has 3 rings (SSSR count). The molecule has 0 aliphatic heterocycles. The van der Waals surface area contributed by atoms with Crippen molar-refractivity contribution in [2.24, 2.45) is 0 Å². The zero-order valence-corrected chi connectivity index (χ0v) is 16.9. The summed E-state index contributed by atoms with van der Waals surface area (Å²) in [4.78, 5) is 23.9. The average molecular weight is 411 g/mol. The van der Waals surface area contributed by atoms with Crippen LogP contribution in [0.3, 0.4) is 0 Å². The molecular weight excluding hydrogens is 388 g/mol. The third kappa shape index (κ3) is 6.19. The summed E-state index contributed by atoms with van der Waals surface area (Å²) < 4.78 is 1.80. The molecule has 0 fully saturated rings. The Bertz CT molecular complexity index is 938. The third-order valence-electron chi connectivity index (χ3n) is 4.48. The normalized spacial score (nSPS) is 11.7. The Balaban J connectivity index is 1.51. The fourth-order valence-corrected chi connectivity index (χ4v) is 3.16. The molecule has 0 saturated carbocycles. The number of hydrogen-bond acceptors (Lipinski definition) is 3. The molecule has 29 heavy (non-hydrogen) atoms. The van der Waals surface area contributed by atoms with Crippen molar-refractivity contribution >= 4 is 23.4 Å². The molecule has 1 atom stereocenters. The van der Waals surface area contributed by atoms with Crippen LogP contribution < -0.4 is 10.6 Å². The molecule has 7 heteroatoms. The van der Waals surface area contributed by atoms with Gasteiger partial charge >= 0.3 is 0 Å². The first-order valence-electron chi connectivity index (χ1n) is 9.39. The fraction of sp³-hybridized carbons (Fsp3) is 0.227. The number of aromatic nitrogens is 2. The molecule has 0 saturated heterocycles. The highest BCUT2D eigenvalue weighted by Gasteiger charge is 2.17. The first-order chi connectivity index (χ1) is 14.0. The lowest BCUT2D eigenvalue weighted by Gasteiger charge is -2.18. The molecule has 150 valence electrons. The molecule has 1 unspecified atom stereocenters. The van der Waals surface area contributed by atoms with Gasteiger partial charge in [0.2, 0.25) is 11.8 Å². The number of hydrogen-bond donors (Lipinski definition) is 2. The molecule has 0 aliphatic carbocycles. The highest BCUT2D eigenvalue weighted by Crippen LogP contribution is 2.19. The number of nitrogens with one attached hydrogen (secondary N) is 2. The molecule has 3 aromatic rings. The third-order valence-corrected chi connectivity index (χ3v) is 4.73. The first-order valence-corrected chi connectivity index (χ1v) is 9.77. The van der Waals surface area contributed by atoms with Crippen LogP contribution in [0.4, 0.5) is 0 Å². The number of amides is 2. The minimum atomic E-state index is -0.391. The SMILES string of the molecule is CC(=O)NC(CC(=O)NCCc1ccc(-n2cccn2)cc1)c1ccc(Cl)cc1. The van der Waals surface area contributed by atoms with Crippen molar-refractivity contribution in [3.8, 4) is 5.69 Å². The van der Waals surface area contributed by atoms with E-state index < -0.39 is 6.04 Å². The van der Waals surface area contributed by atoms with E-state index in [1.165, 1.54) is 6.92 Å². The van der Waals surface area contributed by atoms with Gasteiger partial charge in [0.05, 0.1) is 18.2 Å². The number of nitrogens with zero attached hydrogens (tertiary/aromatic N) is 2. The van der Waals surface area contributed by atoms with Crippen LogP contribution in [0.25, 0.3) is 5.69 Å². The predicted octanol–water partition coefficient (Wildman–Crippen LogP) is 3.45. The number of carbonyl (C=O) groups is 2. The number of carbonyl (C=O) groups excluding carboxylic acids is 2. The van der Waals surface area contributed by atoms with E-state index in [4.69, 9.17) is 11.6 Å². The summed E-state index contributed by atoms with van der Waals surface area (Å²) in [7, 11) is 0. The highest BCUT2D eigenvalue weighted by atomic mass is 35.5. The van der Waals surface area contributed by atoms with E-state index in [2.05, 4.69) is 15.7 Å². The van der Waals surface area contributed by atoms with Crippen molar-refractivity contribution in [3.05, 3.63) is 83.1 Å². The van der Waals surface area contributed by atoms with Crippen LogP contribution in [-0.4, -0.2) is 28.1 Å². The van der Waals surface area contributed by atoms with Gasteiger partial charge in [0.25, 0.3) is 0 Å². The van der Waals surface area contributed by atoms with Crippen molar-refractivity contribution in [2.75, 3.05) is 6.54 Å². The van der Waals surface area contributed by atoms with E-state index in [1.54, 1.807) is 23.0 Å². The van der Waals surface area contributed by atoms with E-state index in [0.717, 1.165) is 23.2 Å². The van der Waals surface area contributed by atoms with Gasteiger partial charge in [0.1, 0.15) is 0 Å². The van der Waals surface area contributed by atoms with Crippen molar-refractivity contribution in [3.63, 3.8) is 0 Å². The lowest BCUT2D eigenvalue weighted by atomic mass is 10.0. The maximum Gasteiger partial charge on any atom is 0.222 e. The lowest BCUT2D eigenvalue weighted by Crippen LogP contribution is -2.33. The molecule has 6 nitrogen and oxygen atoms in total. The standard InChI is InChI=1S/C22H23ClN4O2/c1-16(28)26-21(18-5-7-19(23)8-6-18)15-22(29)24-13-11-17-3-9-20(10-4-17)27-14-2-12-25-27/h2-10,12,14,21H,11,13,15H2,1H3,(H,24,29)(H,26,28). The average Bonchev–Trinajstić information content (AvgIpc) is 3.23. The zero-order chi connectivity index (χ0) is 20.6. The molecule has 1 heterocycles. The smallest absolute Gasteiger partial charge is 0.222 e. The van der Waals surface area contributed by atoms with Crippen molar-refractivity contribution in [1.29, 1.82) is 0 Å². The second-order valence-corrected chi connectivity index (χ2v) is 7.16. The summed E-state index contributed by atoms with van der Waals surface area (Å²) in [5.74, 6) is -0.304. The van der Waals surface area contributed by atoms with Gasteiger partial charge in [-0.3, -0.25) is 9.59 Å². The van der Waals surface area contributed by atoms with Gasteiger partial charge in [-0.2, -0.15) is 5.10 Å². The molecular formula is C22H23ClN4O2. The lowest BCUT2D eigenvalue weighted by molar-refractivity contribution is -0.122. The van der Waals surface area contributed by atoms with Gasteiger partial charge < -0.3 is 10.6 Å². The molecule has 2 amide bonds. The molecule has 0 spiro atoms. The summed E-state index contributed by atoms with van der Waals surface area (Å²) in [5.41, 5.74) is 2.95. The Labute approximate surface area is 174 Å². The monoisotopic (exact) mass is 410 g/mol. The van der Waals surface area contributed by atoms with Crippen LogP contribution >= 0.6 is 11.6 Å². The van der Waals surface area contributed by atoms with E-state index in [0.29, 0.717) is 11.6 Å². The van der Waals surface area contributed by atoms with E-state index in [-0.39, 0.29) is 18.2 Å². The van der Waals surface area contributed by atoms with Crippen LogP contribution in [0.1, 0.15) is 30.5 Å². The molecule has 2 aromatic carbocycles. The molecule has 2 N–H and O–H groups in total. The Kier molecular flexibility index (Phi) is 7.03. The maximum absolute atomic E-state index is 12.4. The minimum absolute atomic E-state index is 0.119. The van der Waals surface area contributed by atoms with Crippen LogP contribution in [0.5, 0.6) is 0 Å². The second kappa shape index (κ2) is 9.89. The van der Waals surface area contributed by atoms with Gasteiger partial charge in [-0.15, -0.1) is 0 Å². The molecule has 0 bridgehead atoms. The van der Waals surface area contributed by atoms with E-state index >= 15 is 0 Å². The zero-order valence-electron chi connectivity index (χ0n) is 16.1. The number of benzene rings is 2. The second-order valence-electron chi connectivity index (χ2n) is 6.73.